The molecule has 1 saturated heterocycles. The maximum atomic E-state index is 12.0. The summed E-state index contributed by atoms with van der Waals surface area (Å²) in [5, 5.41) is 1.87. The first-order chi connectivity index (χ1) is 9.05. The Hall–Kier alpha value is -0.760. The van der Waals surface area contributed by atoms with Crippen LogP contribution in [0.5, 0.6) is 0 Å². The number of ketones is 1. The molecule has 1 fully saturated rings. The smallest absolute Gasteiger partial charge is 0.282 e. The number of hydrogen-bond acceptors (Lipinski definition) is 4. The highest BCUT2D eigenvalue weighted by Crippen LogP contribution is 2.17. The summed E-state index contributed by atoms with van der Waals surface area (Å²) in [5.41, 5.74) is 0. The molecule has 2 heterocycles. The van der Waals surface area contributed by atoms with Gasteiger partial charge in [0.05, 0.1) is 4.88 Å². The Kier molecular flexibility index (Phi) is 4.72. The Morgan fingerprint density at radius 1 is 1.37 bits per heavy atom. The highest BCUT2D eigenvalue weighted by Gasteiger charge is 2.34. The van der Waals surface area contributed by atoms with Crippen molar-refractivity contribution in [2.24, 2.45) is 0 Å². The molecule has 1 aliphatic rings. The van der Waals surface area contributed by atoms with Crippen molar-refractivity contribution in [3.8, 4) is 0 Å². The van der Waals surface area contributed by atoms with Gasteiger partial charge in [0.2, 0.25) is 0 Å². The highest BCUT2D eigenvalue weighted by molar-refractivity contribution is 7.87. The van der Waals surface area contributed by atoms with Crippen LogP contribution in [-0.4, -0.2) is 49.0 Å². The van der Waals surface area contributed by atoms with Crippen LogP contribution in [-0.2, 0) is 10.2 Å². The van der Waals surface area contributed by atoms with Crippen LogP contribution in [0.4, 0.5) is 0 Å². The Balaban J connectivity index is 1.82. The first-order valence-corrected chi connectivity index (χ1v) is 8.65. The van der Waals surface area contributed by atoms with Gasteiger partial charge < -0.3 is 0 Å². The molecule has 0 amide bonds. The molecule has 0 bridgehead atoms. The minimum Gasteiger partial charge on any atom is -0.293 e. The first kappa shape index (κ1) is 14.6. The molecule has 7 heteroatoms. The van der Waals surface area contributed by atoms with Crippen LogP contribution >= 0.6 is 11.3 Å². The van der Waals surface area contributed by atoms with Gasteiger partial charge in [-0.3, -0.25) is 4.79 Å². The van der Waals surface area contributed by atoms with Crippen LogP contribution in [0, 0.1) is 0 Å². The van der Waals surface area contributed by atoms with Gasteiger partial charge in [-0.2, -0.15) is 17.0 Å². The minimum absolute atomic E-state index is 0.0962. The van der Waals surface area contributed by atoms with E-state index >= 15 is 0 Å². The summed E-state index contributed by atoms with van der Waals surface area (Å²) in [4.78, 5) is 12.5. The normalized spacial score (nSPS) is 19.8. The highest BCUT2D eigenvalue weighted by atomic mass is 32.2. The number of carbonyl (C=O) groups excluding carboxylic acids is 1. The molecule has 5 nitrogen and oxygen atoms in total. The summed E-state index contributed by atoms with van der Waals surface area (Å²) in [6.07, 6.45) is 0.978. The molecular formula is C12H18N2O3S2. The molecule has 0 aliphatic carbocycles. The topological polar surface area (TPSA) is 57.7 Å². The number of Topliss-reactive ketones (excluding diaryl/α,β-unsaturated/α-hetero) is 1. The van der Waals surface area contributed by atoms with E-state index in [4.69, 9.17) is 0 Å². The zero-order valence-electron chi connectivity index (χ0n) is 10.9. The van der Waals surface area contributed by atoms with Crippen molar-refractivity contribution >= 4 is 27.3 Å². The van der Waals surface area contributed by atoms with E-state index in [9.17, 15) is 13.2 Å². The fourth-order valence-corrected chi connectivity index (χ4v) is 4.47. The van der Waals surface area contributed by atoms with E-state index in [1.807, 2.05) is 18.4 Å². The average Bonchev–Trinajstić information content (AvgIpc) is 2.98. The number of thiophene rings is 1. The summed E-state index contributed by atoms with van der Waals surface area (Å²) in [5.74, 6) is 0.0962. The Bertz CT molecular complexity index is 525. The minimum atomic E-state index is -3.27. The number of nitrogens with zero attached hydrogens (tertiary/aromatic N) is 2. The van der Waals surface area contributed by atoms with Gasteiger partial charge in [-0.1, -0.05) is 13.0 Å². The molecule has 0 saturated carbocycles. The van der Waals surface area contributed by atoms with Gasteiger partial charge >= 0.3 is 0 Å². The van der Waals surface area contributed by atoms with E-state index in [1.54, 1.807) is 6.07 Å². The summed E-state index contributed by atoms with van der Waals surface area (Å²) in [6.45, 7) is 3.85. The summed E-state index contributed by atoms with van der Waals surface area (Å²) >= 11 is 1.43. The van der Waals surface area contributed by atoms with Crippen LogP contribution in [0.15, 0.2) is 17.5 Å². The van der Waals surface area contributed by atoms with Gasteiger partial charge in [-0.05, 0) is 17.9 Å². The van der Waals surface area contributed by atoms with Gasteiger partial charge in [0.1, 0.15) is 0 Å². The predicted octanol–water partition coefficient (Wildman–Crippen LogP) is 1.59. The van der Waals surface area contributed by atoms with Gasteiger partial charge in [-0.25, -0.2) is 0 Å². The van der Waals surface area contributed by atoms with Gasteiger partial charge in [0.25, 0.3) is 10.2 Å². The van der Waals surface area contributed by atoms with Gasteiger partial charge in [-0.15, -0.1) is 11.3 Å². The number of hydrogen-bond donors (Lipinski definition) is 0. The van der Waals surface area contributed by atoms with E-state index < -0.39 is 10.2 Å². The maximum absolute atomic E-state index is 12.0. The molecule has 1 aromatic heterocycles. The molecule has 19 heavy (non-hydrogen) atoms. The van der Waals surface area contributed by atoms with E-state index in [0.717, 1.165) is 4.88 Å². The van der Waals surface area contributed by atoms with Crippen LogP contribution < -0.4 is 0 Å². The largest absolute Gasteiger partial charge is 0.293 e. The quantitative estimate of drug-likeness (QED) is 0.750. The first-order valence-electron chi connectivity index (χ1n) is 6.37. The van der Waals surface area contributed by atoms with Crippen molar-refractivity contribution in [1.82, 2.24) is 8.61 Å². The van der Waals surface area contributed by atoms with Crippen LogP contribution in [0.2, 0.25) is 0 Å². The molecule has 0 radical (unpaired) electrons. The second kappa shape index (κ2) is 6.13. The molecule has 0 unspecified atom stereocenters. The van der Waals surface area contributed by atoms with Crippen molar-refractivity contribution in [1.29, 1.82) is 0 Å². The third-order valence-electron chi connectivity index (χ3n) is 3.21. The lowest BCUT2D eigenvalue weighted by Gasteiger charge is -2.16. The van der Waals surface area contributed by atoms with E-state index in [-0.39, 0.29) is 5.78 Å². The monoisotopic (exact) mass is 302 g/mol. The zero-order valence-corrected chi connectivity index (χ0v) is 12.5. The zero-order chi connectivity index (χ0) is 13.9. The fourth-order valence-electron chi connectivity index (χ4n) is 2.14. The van der Waals surface area contributed by atoms with Crippen molar-refractivity contribution in [3.63, 3.8) is 0 Å². The predicted molar refractivity (Wildman–Crippen MR) is 75.6 cm³/mol. The molecule has 0 atom stereocenters. The number of likely N-dealkylation sites (N-methyl/N-ethyl adjacent to an activating group) is 1. The van der Waals surface area contributed by atoms with Crippen LogP contribution in [0.25, 0.3) is 0 Å². The number of carbonyl (C=O) groups is 1. The Labute approximate surface area is 118 Å². The molecule has 1 aromatic rings. The Morgan fingerprint density at radius 2 is 2.11 bits per heavy atom. The average molecular weight is 302 g/mol. The molecule has 1 aliphatic heterocycles. The number of rotatable bonds is 6. The second-order valence-electron chi connectivity index (χ2n) is 4.40. The van der Waals surface area contributed by atoms with E-state index in [2.05, 4.69) is 0 Å². The van der Waals surface area contributed by atoms with Crippen molar-refractivity contribution in [2.45, 2.75) is 19.8 Å². The van der Waals surface area contributed by atoms with Crippen molar-refractivity contribution in [2.75, 3.05) is 26.2 Å². The van der Waals surface area contributed by atoms with Crippen molar-refractivity contribution in [3.05, 3.63) is 22.4 Å². The fraction of sp³-hybridized carbons (Fsp3) is 0.583. The van der Waals surface area contributed by atoms with Crippen molar-refractivity contribution < 1.29 is 13.2 Å². The lowest BCUT2D eigenvalue weighted by Crippen LogP contribution is -2.33. The van der Waals surface area contributed by atoms with E-state index in [0.29, 0.717) is 39.0 Å². The summed E-state index contributed by atoms with van der Waals surface area (Å²) < 4.78 is 26.9. The molecule has 0 N–H and O–H groups in total. The van der Waals surface area contributed by atoms with Crippen LogP contribution in [0.1, 0.15) is 29.4 Å². The molecule has 106 valence electrons. The standard InChI is InChI=1S/C12H18N2O3S2/c1-2-13-8-9-14(19(13,16)17)7-3-5-11(15)12-6-4-10-18-12/h4,6,10H,2-3,5,7-9H2,1H3. The van der Waals surface area contributed by atoms with Gasteiger partial charge in [0.15, 0.2) is 5.78 Å². The second-order valence-corrected chi connectivity index (χ2v) is 7.28. The SMILES string of the molecule is CCN1CCN(CCCC(=O)c2cccs2)S1(=O)=O. The third-order valence-corrected chi connectivity index (χ3v) is 6.23. The molecule has 2 rings (SSSR count). The lowest BCUT2D eigenvalue weighted by atomic mass is 10.2. The molecule has 0 aromatic carbocycles. The molecule has 0 spiro atoms. The maximum Gasteiger partial charge on any atom is 0.282 e. The van der Waals surface area contributed by atoms with E-state index in [1.165, 1.54) is 19.9 Å². The Morgan fingerprint density at radius 3 is 2.68 bits per heavy atom. The van der Waals surface area contributed by atoms with Crippen LogP contribution in [0.3, 0.4) is 0 Å². The van der Waals surface area contributed by atoms with Gasteiger partial charge in [0, 0.05) is 32.6 Å². The molecular weight excluding hydrogens is 284 g/mol. The summed E-state index contributed by atoms with van der Waals surface area (Å²) in [7, 11) is -3.27. The lowest BCUT2D eigenvalue weighted by molar-refractivity contribution is 0.0982. The summed E-state index contributed by atoms with van der Waals surface area (Å²) in [6, 6.07) is 3.65. The third kappa shape index (κ3) is 3.22.